The fourth-order valence-electron chi connectivity index (χ4n) is 7.42. The standard InChI is InChI=1S/C34H42BrN3O6/c1-5-18-37(24-16-14-23(15-17-24)36(6-2)7-3)32(41)30-34-20-26(35)29(44-34)27(33(42)43-8-4)28(34)31(40)38(30)25(21-39)19-22-12-10-9-11-13-22/h5,9-17,25-30,39H,1,6-8,18-21H2,2-4H3/t25-,26?,27+,28+,29+,30?,34?/m1/s1. The van der Waals surface area contributed by atoms with Crippen molar-refractivity contribution in [1.82, 2.24) is 4.90 Å². The lowest BCUT2D eigenvalue weighted by Crippen LogP contribution is -2.59. The number of aliphatic hydroxyl groups is 1. The van der Waals surface area contributed by atoms with Crippen LogP contribution in [-0.2, 0) is 30.3 Å². The highest BCUT2D eigenvalue weighted by molar-refractivity contribution is 9.09. The van der Waals surface area contributed by atoms with Gasteiger partial charge in [0.2, 0.25) is 5.91 Å². The van der Waals surface area contributed by atoms with E-state index < -0.39 is 41.6 Å². The number of amides is 2. The van der Waals surface area contributed by atoms with Gasteiger partial charge in [0.05, 0.1) is 37.2 Å². The number of fused-ring (bicyclic) bond motifs is 1. The van der Waals surface area contributed by atoms with Crippen molar-refractivity contribution in [2.75, 3.05) is 42.6 Å². The molecule has 0 aromatic heterocycles. The molecule has 44 heavy (non-hydrogen) atoms. The molecule has 10 heteroatoms. The van der Waals surface area contributed by atoms with Gasteiger partial charge in [-0.2, -0.15) is 0 Å². The Balaban J connectivity index is 1.59. The first kappa shape index (κ1) is 32.2. The van der Waals surface area contributed by atoms with Crippen LogP contribution >= 0.6 is 15.9 Å². The van der Waals surface area contributed by atoms with Crippen molar-refractivity contribution in [3.63, 3.8) is 0 Å². The van der Waals surface area contributed by atoms with E-state index in [1.54, 1.807) is 17.9 Å². The van der Waals surface area contributed by atoms with Crippen LogP contribution in [0, 0.1) is 11.8 Å². The lowest BCUT2D eigenvalue weighted by molar-refractivity contribution is -0.155. The number of esters is 1. The molecule has 236 valence electrons. The van der Waals surface area contributed by atoms with E-state index in [0.717, 1.165) is 24.3 Å². The van der Waals surface area contributed by atoms with E-state index in [1.807, 2.05) is 54.6 Å². The zero-order valence-corrected chi connectivity index (χ0v) is 27.2. The SMILES string of the molecule is C=CCN(C(=O)C1N([C@@H](CO)Cc2ccccc2)C(=O)[C@@H]2[C@H](C(=O)OCC)[C@H]3OC12CC3Br)c1ccc(N(CC)CC)cc1. The van der Waals surface area contributed by atoms with Crippen LogP contribution in [0.5, 0.6) is 0 Å². The molecule has 7 atom stereocenters. The smallest absolute Gasteiger partial charge is 0.312 e. The van der Waals surface area contributed by atoms with Gasteiger partial charge in [-0.15, -0.1) is 6.58 Å². The number of likely N-dealkylation sites (tertiary alicyclic amines) is 1. The number of hydrogen-bond donors (Lipinski definition) is 1. The fourth-order valence-corrected chi connectivity index (χ4v) is 8.36. The number of halogens is 1. The Morgan fingerprint density at radius 2 is 1.80 bits per heavy atom. The molecule has 0 aliphatic carbocycles. The van der Waals surface area contributed by atoms with Crippen molar-refractivity contribution >= 4 is 45.1 Å². The number of carbonyl (C=O) groups is 3. The quantitative estimate of drug-likeness (QED) is 0.196. The van der Waals surface area contributed by atoms with E-state index in [-0.39, 0.29) is 36.4 Å². The number of anilines is 2. The van der Waals surface area contributed by atoms with Crippen molar-refractivity contribution in [3.8, 4) is 0 Å². The summed E-state index contributed by atoms with van der Waals surface area (Å²) >= 11 is 3.70. The summed E-state index contributed by atoms with van der Waals surface area (Å²) in [6.07, 6.45) is 1.74. The Morgan fingerprint density at radius 3 is 2.39 bits per heavy atom. The molecule has 3 aliphatic heterocycles. The van der Waals surface area contributed by atoms with Gasteiger partial charge in [0.25, 0.3) is 5.91 Å². The first-order chi connectivity index (χ1) is 21.3. The first-order valence-electron chi connectivity index (χ1n) is 15.5. The molecule has 3 aliphatic rings. The molecule has 2 amide bonds. The number of hydrogen-bond acceptors (Lipinski definition) is 7. The topological polar surface area (TPSA) is 99.6 Å². The monoisotopic (exact) mass is 667 g/mol. The molecule has 5 rings (SSSR count). The molecular weight excluding hydrogens is 626 g/mol. The zero-order chi connectivity index (χ0) is 31.6. The third kappa shape index (κ3) is 5.45. The predicted octanol–water partition coefficient (Wildman–Crippen LogP) is 3.97. The van der Waals surface area contributed by atoms with Gasteiger partial charge in [0, 0.05) is 35.8 Å². The number of rotatable bonds is 13. The zero-order valence-electron chi connectivity index (χ0n) is 25.6. The Labute approximate surface area is 267 Å². The van der Waals surface area contributed by atoms with Gasteiger partial charge in [-0.25, -0.2) is 0 Å². The average Bonchev–Trinajstić information content (AvgIpc) is 3.63. The van der Waals surface area contributed by atoms with Crippen LogP contribution in [0.25, 0.3) is 0 Å². The summed E-state index contributed by atoms with van der Waals surface area (Å²) in [5.41, 5.74) is 1.35. The van der Waals surface area contributed by atoms with Gasteiger partial charge in [0.1, 0.15) is 11.6 Å². The molecule has 2 aromatic carbocycles. The second-order valence-corrected chi connectivity index (χ2v) is 12.8. The molecule has 3 heterocycles. The van der Waals surface area contributed by atoms with Crippen molar-refractivity contribution < 1.29 is 29.0 Å². The molecule has 1 N–H and O–H groups in total. The van der Waals surface area contributed by atoms with Crippen molar-refractivity contribution in [2.24, 2.45) is 11.8 Å². The maximum Gasteiger partial charge on any atom is 0.312 e. The number of benzene rings is 2. The minimum atomic E-state index is -1.27. The molecule has 0 radical (unpaired) electrons. The highest BCUT2D eigenvalue weighted by atomic mass is 79.9. The molecule has 2 aromatic rings. The first-order valence-corrected chi connectivity index (χ1v) is 16.4. The summed E-state index contributed by atoms with van der Waals surface area (Å²) < 4.78 is 12.1. The molecule has 2 bridgehead atoms. The van der Waals surface area contributed by atoms with E-state index >= 15 is 0 Å². The van der Waals surface area contributed by atoms with Crippen molar-refractivity contribution in [2.45, 2.75) is 62.2 Å². The van der Waals surface area contributed by atoms with Gasteiger partial charge < -0.3 is 29.3 Å². The summed E-state index contributed by atoms with van der Waals surface area (Å²) in [5, 5.41) is 10.7. The number of ether oxygens (including phenoxy) is 2. The number of aliphatic hydroxyl groups excluding tert-OH is 1. The normalized spacial score (nSPS) is 27.6. The predicted molar refractivity (Wildman–Crippen MR) is 173 cm³/mol. The van der Waals surface area contributed by atoms with Gasteiger partial charge in [-0.1, -0.05) is 52.3 Å². The molecule has 3 unspecified atom stereocenters. The van der Waals surface area contributed by atoms with Crippen LogP contribution in [0.1, 0.15) is 32.8 Å². The van der Waals surface area contributed by atoms with Crippen LogP contribution < -0.4 is 9.80 Å². The largest absolute Gasteiger partial charge is 0.466 e. The van der Waals surface area contributed by atoms with Gasteiger partial charge in [0.15, 0.2) is 0 Å². The minimum Gasteiger partial charge on any atom is -0.466 e. The highest BCUT2D eigenvalue weighted by Crippen LogP contribution is 2.61. The molecular formula is C34H42BrN3O6. The maximum atomic E-state index is 14.9. The summed E-state index contributed by atoms with van der Waals surface area (Å²) in [4.78, 5) is 47.8. The van der Waals surface area contributed by atoms with Crippen LogP contribution in [0.2, 0.25) is 0 Å². The number of alkyl halides is 1. The molecule has 9 nitrogen and oxygen atoms in total. The van der Waals surface area contributed by atoms with E-state index in [1.165, 1.54) is 4.90 Å². The maximum absolute atomic E-state index is 14.9. The minimum absolute atomic E-state index is 0.166. The summed E-state index contributed by atoms with van der Waals surface area (Å²) in [6, 6.07) is 15.5. The summed E-state index contributed by atoms with van der Waals surface area (Å²) in [5.74, 6) is -2.98. The van der Waals surface area contributed by atoms with Gasteiger partial charge in [-0.3, -0.25) is 14.4 Å². The van der Waals surface area contributed by atoms with Crippen LogP contribution in [0.15, 0.2) is 67.3 Å². The molecule has 0 saturated carbocycles. The highest BCUT2D eigenvalue weighted by Gasteiger charge is 2.77. The van der Waals surface area contributed by atoms with Crippen molar-refractivity contribution in [1.29, 1.82) is 0 Å². The van der Waals surface area contributed by atoms with Crippen LogP contribution in [0.4, 0.5) is 11.4 Å². The second-order valence-electron chi connectivity index (χ2n) is 11.6. The summed E-state index contributed by atoms with van der Waals surface area (Å²) in [7, 11) is 0. The molecule has 1 spiro atoms. The lowest BCUT2D eigenvalue weighted by atomic mass is 9.70. The van der Waals surface area contributed by atoms with Gasteiger partial charge in [-0.05, 0) is 63.4 Å². The third-order valence-corrected chi connectivity index (χ3v) is 10.2. The van der Waals surface area contributed by atoms with E-state index in [2.05, 4.69) is 41.3 Å². The lowest BCUT2D eigenvalue weighted by Gasteiger charge is -2.39. The van der Waals surface area contributed by atoms with E-state index in [0.29, 0.717) is 18.5 Å². The van der Waals surface area contributed by atoms with E-state index in [9.17, 15) is 19.5 Å². The Morgan fingerprint density at radius 1 is 1.14 bits per heavy atom. The van der Waals surface area contributed by atoms with E-state index in [4.69, 9.17) is 9.47 Å². The molecule has 3 saturated heterocycles. The fraction of sp³-hybridized carbons (Fsp3) is 0.500. The van der Waals surface area contributed by atoms with Crippen molar-refractivity contribution in [3.05, 3.63) is 72.8 Å². The van der Waals surface area contributed by atoms with Crippen LogP contribution in [-0.4, -0.2) is 89.3 Å². The average molecular weight is 669 g/mol. The molecule has 3 fully saturated rings. The van der Waals surface area contributed by atoms with Gasteiger partial charge >= 0.3 is 5.97 Å². The summed E-state index contributed by atoms with van der Waals surface area (Å²) in [6.45, 7) is 11.5. The number of carbonyl (C=O) groups excluding carboxylic acids is 3. The van der Waals surface area contributed by atoms with Crippen LogP contribution in [0.3, 0.4) is 0 Å². The number of nitrogens with zero attached hydrogens (tertiary/aromatic N) is 3. The Hall–Kier alpha value is -3.21. The second kappa shape index (κ2) is 13.4. The Kier molecular flexibility index (Phi) is 9.82. The Bertz CT molecular complexity index is 1350. The third-order valence-electron chi connectivity index (χ3n) is 9.31.